The summed E-state index contributed by atoms with van der Waals surface area (Å²) in [5.74, 6) is 1.47. The average molecular weight is 194 g/mol. The summed E-state index contributed by atoms with van der Waals surface area (Å²) in [4.78, 5) is 8.15. The van der Waals surface area contributed by atoms with Gasteiger partial charge in [-0.1, -0.05) is 6.92 Å². The molecule has 0 saturated heterocycles. The topological polar surface area (TPSA) is 63.8 Å². The van der Waals surface area contributed by atoms with Gasteiger partial charge < -0.3 is 11.1 Å². The van der Waals surface area contributed by atoms with Gasteiger partial charge in [-0.2, -0.15) is 0 Å². The molecule has 0 amide bonds. The van der Waals surface area contributed by atoms with Crippen molar-refractivity contribution >= 4 is 5.82 Å². The third-order valence-corrected chi connectivity index (χ3v) is 2.09. The van der Waals surface area contributed by atoms with Gasteiger partial charge in [0.15, 0.2) is 0 Å². The maximum Gasteiger partial charge on any atom is 0.129 e. The van der Waals surface area contributed by atoms with Gasteiger partial charge in [0.1, 0.15) is 12.1 Å². The van der Waals surface area contributed by atoms with E-state index in [0.29, 0.717) is 5.92 Å². The Labute approximate surface area is 85.0 Å². The largest absolute Gasteiger partial charge is 0.370 e. The van der Waals surface area contributed by atoms with Gasteiger partial charge >= 0.3 is 0 Å². The lowest BCUT2D eigenvalue weighted by Crippen LogP contribution is -2.15. The average Bonchev–Trinajstić information content (AvgIpc) is 2.15. The summed E-state index contributed by atoms with van der Waals surface area (Å²) in [6.45, 7) is 5.78. The Hall–Kier alpha value is -1.16. The second-order valence-electron chi connectivity index (χ2n) is 3.61. The molecule has 1 atom stereocenters. The standard InChI is InChI=1S/C10H18N4/c1-8(3-4-11)6-12-10-5-9(2)13-7-14-10/h5,7-8H,3-4,6,11H2,1-2H3,(H,12,13,14). The summed E-state index contributed by atoms with van der Waals surface area (Å²) in [7, 11) is 0. The van der Waals surface area contributed by atoms with E-state index in [9.17, 15) is 0 Å². The first-order chi connectivity index (χ1) is 6.72. The Kier molecular flexibility index (Phi) is 4.32. The summed E-state index contributed by atoms with van der Waals surface area (Å²) in [5, 5.41) is 3.26. The molecule has 4 heteroatoms. The molecule has 0 aromatic carbocycles. The summed E-state index contributed by atoms with van der Waals surface area (Å²) < 4.78 is 0. The van der Waals surface area contributed by atoms with E-state index >= 15 is 0 Å². The number of aromatic nitrogens is 2. The predicted octanol–water partition coefficient (Wildman–Crippen LogP) is 1.18. The third kappa shape index (κ3) is 3.70. The highest BCUT2D eigenvalue weighted by molar-refractivity contribution is 5.34. The zero-order valence-corrected chi connectivity index (χ0v) is 8.83. The van der Waals surface area contributed by atoms with Crippen LogP contribution in [0.2, 0.25) is 0 Å². The van der Waals surface area contributed by atoms with E-state index in [-0.39, 0.29) is 0 Å². The van der Waals surface area contributed by atoms with Crippen LogP contribution < -0.4 is 11.1 Å². The van der Waals surface area contributed by atoms with Crippen LogP contribution in [0.25, 0.3) is 0 Å². The molecule has 4 nitrogen and oxygen atoms in total. The Morgan fingerprint density at radius 1 is 1.50 bits per heavy atom. The van der Waals surface area contributed by atoms with Crippen LogP contribution in [0, 0.1) is 12.8 Å². The second kappa shape index (κ2) is 5.54. The summed E-state index contributed by atoms with van der Waals surface area (Å²) in [6, 6.07) is 1.94. The van der Waals surface area contributed by atoms with Crippen LogP contribution >= 0.6 is 0 Å². The lowest BCUT2D eigenvalue weighted by molar-refractivity contribution is 0.567. The molecule has 14 heavy (non-hydrogen) atoms. The SMILES string of the molecule is Cc1cc(NCC(C)CCN)ncn1. The molecule has 1 aromatic rings. The van der Waals surface area contributed by atoms with Crippen LogP contribution in [0.3, 0.4) is 0 Å². The highest BCUT2D eigenvalue weighted by Crippen LogP contribution is 2.05. The van der Waals surface area contributed by atoms with E-state index in [0.717, 1.165) is 31.0 Å². The van der Waals surface area contributed by atoms with Crippen LogP contribution in [0.1, 0.15) is 19.0 Å². The molecule has 0 fully saturated rings. The van der Waals surface area contributed by atoms with Crippen molar-refractivity contribution in [2.75, 3.05) is 18.4 Å². The van der Waals surface area contributed by atoms with Gasteiger partial charge in [-0.3, -0.25) is 0 Å². The van der Waals surface area contributed by atoms with Crippen LogP contribution in [-0.4, -0.2) is 23.1 Å². The number of nitrogens with two attached hydrogens (primary N) is 1. The smallest absolute Gasteiger partial charge is 0.129 e. The van der Waals surface area contributed by atoms with Crippen molar-refractivity contribution < 1.29 is 0 Å². The molecule has 1 aromatic heterocycles. The maximum absolute atomic E-state index is 5.47. The fourth-order valence-electron chi connectivity index (χ4n) is 1.22. The Bertz CT molecular complexity index is 275. The Balaban J connectivity index is 2.37. The van der Waals surface area contributed by atoms with Crippen molar-refractivity contribution in [3.63, 3.8) is 0 Å². The molecule has 78 valence electrons. The molecule has 0 spiro atoms. The van der Waals surface area contributed by atoms with Crippen LogP contribution in [0.15, 0.2) is 12.4 Å². The summed E-state index contributed by atoms with van der Waals surface area (Å²) >= 11 is 0. The number of anilines is 1. The fraction of sp³-hybridized carbons (Fsp3) is 0.600. The first-order valence-corrected chi connectivity index (χ1v) is 4.95. The molecule has 1 rings (SSSR count). The number of hydrogen-bond acceptors (Lipinski definition) is 4. The maximum atomic E-state index is 5.47. The monoisotopic (exact) mass is 194 g/mol. The van der Waals surface area contributed by atoms with Crippen molar-refractivity contribution in [3.05, 3.63) is 18.1 Å². The van der Waals surface area contributed by atoms with Crippen molar-refractivity contribution in [1.82, 2.24) is 9.97 Å². The zero-order valence-electron chi connectivity index (χ0n) is 8.83. The van der Waals surface area contributed by atoms with Gasteiger partial charge in [-0.15, -0.1) is 0 Å². The van der Waals surface area contributed by atoms with Gasteiger partial charge in [0.25, 0.3) is 0 Å². The van der Waals surface area contributed by atoms with E-state index in [1.54, 1.807) is 6.33 Å². The van der Waals surface area contributed by atoms with Gasteiger partial charge in [0.2, 0.25) is 0 Å². The molecular formula is C10H18N4. The molecule has 0 aliphatic heterocycles. The fourth-order valence-corrected chi connectivity index (χ4v) is 1.22. The van der Waals surface area contributed by atoms with Gasteiger partial charge in [-0.25, -0.2) is 9.97 Å². The number of nitrogens with zero attached hydrogens (tertiary/aromatic N) is 2. The van der Waals surface area contributed by atoms with Crippen LogP contribution in [0.5, 0.6) is 0 Å². The van der Waals surface area contributed by atoms with Crippen molar-refractivity contribution in [2.45, 2.75) is 20.3 Å². The highest BCUT2D eigenvalue weighted by atomic mass is 15.0. The minimum atomic E-state index is 0.579. The molecule has 3 N–H and O–H groups in total. The zero-order chi connectivity index (χ0) is 10.4. The van der Waals surface area contributed by atoms with E-state index in [4.69, 9.17) is 5.73 Å². The molecule has 0 bridgehead atoms. The lowest BCUT2D eigenvalue weighted by Gasteiger charge is -2.11. The second-order valence-corrected chi connectivity index (χ2v) is 3.61. The van der Waals surface area contributed by atoms with Crippen LogP contribution in [0.4, 0.5) is 5.82 Å². The molecular weight excluding hydrogens is 176 g/mol. The molecule has 0 aliphatic rings. The Morgan fingerprint density at radius 3 is 2.93 bits per heavy atom. The van der Waals surface area contributed by atoms with E-state index in [1.165, 1.54) is 0 Å². The quantitative estimate of drug-likeness (QED) is 0.739. The molecule has 1 unspecified atom stereocenters. The first-order valence-electron chi connectivity index (χ1n) is 4.95. The number of hydrogen-bond donors (Lipinski definition) is 2. The van der Waals surface area contributed by atoms with Crippen molar-refractivity contribution in [1.29, 1.82) is 0 Å². The van der Waals surface area contributed by atoms with Crippen molar-refractivity contribution in [2.24, 2.45) is 11.7 Å². The van der Waals surface area contributed by atoms with Crippen molar-refractivity contribution in [3.8, 4) is 0 Å². The number of aryl methyl sites for hydroxylation is 1. The minimum Gasteiger partial charge on any atom is -0.370 e. The van der Waals surface area contributed by atoms with Gasteiger partial charge in [-0.05, 0) is 25.8 Å². The highest BCUT2D eigenvalue weighted by Gasteiger charge is 2.01. The van der Waals surface area contributed by atoms with Crippen LogP contribution in [-0.2, 0) is 0 Å². The number of nitrogens with one attached hydrogen (secondary N) is 1. The molecule has 1 heterocycles. The predicted molar refractivity (Wildman–Crippen MR) is 58.1 cm³/mol. The van der Waals surface area contributed by atoms with E-state index in [1.807, 2.05) is 13.0 Å². The normalized spacial score (nSPS) is 12.5. The molecule has 0 radical (unpaired) electrons. The molecule has 0 saturated carbocycles. The van der Waals surface area contributed by atoms with E-state index < -0.39 is 0 Å². The summed E-state index contributed by atoms with van der Waals surface area (Å²) in [5.41, 5.74) is 6.45. The summed E-state index contributed by atoms with van der Waals surface area (Å²) in [6.07, 6.45) is 2.61. The molecule has 0 aliphatic carbocycles. The Morgan fingerprint density at radius 2 is 2.29 bits per heavy atom. The minimum absolute atomic E-state index is 0.579. The third-order valence-electron chi connectivity index (χ3n) is 2.09. The first kappa shape index (κ1) is 10.9. The number of rotatable bonds is 5. The lowest BCUT2D eigenvalue weighted by atomic mass is 10.1. The van der Waals surface area contributed by atoms with Gasteiger partial charge in [0, 0.05) is 18.3 Å². The van der Waals surface area contributed by atoms with Gasteiger partial charge in [0.05, 0.1) is 0 Å². The van der Waals surface area contributed by atoms with E-state index in [2.05, 4.69) is 22.2 Å².